The summed E-state index contributed by atoms with van der Waals surface area (Å²) in [5, 5.41) is 3.31. The molecular weight excluding hydrogens is 294 g/mol. The van der Waals surface area contributed by atoms with Crippen molar-refractivity contribution in [3.8, 4) is 0 Å². The Balaban J connectivity index is 1.77. The van der Waals surface area contributed by atoms with Crippen molar-refractivity contribution in [2.45, 2.75) is 4.90 Å². The third kappa shape index (κ3) is 2.04. The first-order valence-corrected chi connectivity index (χ1v) is 7.78. The molecule has 1 aromatic heterocycles. The summed E-state index contributed by atoms with van der Waals surface area (Å²) in [5.41, 5.74) is 1.15. The summed E-state index contributed by atoms with van der Waals surface area (Å²) >= 11 is 1.61. The van der Waals surface area contributed by atoms with Gasteiger partial charge in [-0.2, -0.15) is 0 Å². The van der Waals surface area contributed by atoms with Crippen molar-refractivity contribution in [3.05, 3.63) is 71.7 Å². The van der Waals surface area contributed by atoms with E-state index in [4.69, 9.17) is 4.42 Å². The molecule has 3 nitrogen and oxygen atoms in total. The number of anilines is 1. The quantitative estimate of drug-likeness (QED) is 0.507. The number of thioether (sulfide) groups is 1. The lowest BCUT2D eigenvalue weighted by atomic mass is 10.1. The number of hydrogen-bond acceptors (Lipinski definition) is 4. The fraction of sp³-hybridized carbons (Fsp3) is 0.0556. The van der Waals surface area contributed by atoms with E-state index in [0.29, 0.717) is 5.76 Å². The Bertz CT molecular complexity index is 897. The molecule has 0 saturated carbocycles. The number of benzene rings is 2. The molecule has 0 radical (unpaired) electrons. The second-order valence-electron chi connectivity index (χ2n) is 5.12. The smallest absolute Gasteiger partial charge is 0.223 e. The maximum absolute atomic E-state index is 12.2. The monoisotopic (exact) mass is 307 g/mol. The van der Waals surface area contributed by atoms with Crippen molar-refractivity contribution in [2.75, 3.05) is 11.9 Å². The van der Waals surface area contributed by atoms with Crippen molar-refractivity contribution in [1.82, 2.24) is 0 Å². The van der Waals surface area contributed by atoms with Crippen LogP contribution >= 0.6 is 11.8 Å². The van der Waals surface area contributed by atoms with E-state index < -0.39 is 0 Å². The molecule has 4 heteroatoms. The topological polar surface area (TPSA) is 33.5 Å². The molecule has 0 amide bonds. The van der Waals surface area contributed by atoms with Gasteiger partial charge in [-0.3, -0.25) is 4.79 Å². The van der Waals surface area contributed by atoms with Gasteiger partial charge in [-0.05, 0) is 23.6 Å². The maximum atomic E-state index is 12.2. The molecule has 22 heavy (non-hydrogen) atoms. The number of nitrogens with zero attached hydrogens (tertiary/aromatic N) is 1. The van der Waals surface area contributed by atoms with Gasteiger partial charge in [0, 0.05) is 23.4 Å². The predicted molar refractivity (Wildman–Crippen MR) is 89.3 cm³/mol. The van der Waals surface area contributed by atoms with Crippen LogP contribution in [0.15, 0.2) is 75.2 Å². The van der Waals surface area contributed by atoms with Gasteiger partial charge in [0.2, 0.25) is 5.78 Å². The van der Waals surface area contributed by atoms with Crippen LogP contribution in [-0.4, -0.2) is 12.8 Å². The Labute approximate surface area is 132 Å². The summed E-state index contributed by atoms with van der Waals surface area (Å²) < 4.78 is 5.17. The second kappa shape index (κ2) is 5.07. The predicted octanol–water partition coefficient (Wildman–Crippen LogP) is 4.70. The van der Waals surface area contributed by atoms with Gasteiger partial charge in [-0.1, -0.05) is 42.1 Å². The van der Waals surface area contributed by atoms with Crippen LogP contribution in [0.2, 0.25) is 0 Å². The second-order valence-corrected chi connectivity index (χ2v) is 6.18. The van der Waals surface area contributed by atoms with Crippen molar-refractivity contribution in [2.24, 2.45) is 0 Å². The van der Waals surface area contributed by atoms with Crippen LogP contribution in [0, 0.1) is 0 Å². The molecule has 0 unspecified atom stereocenters. The minimum atomic E-state index is -0.114. The number of hydrogen-bond donors (Lipinski definition) is 0. The van der Waals surface area contributed by atoms with Crippen molar-refractivity contribution in [1.29, 1.82) is 0 Å². The van der Waals surface area contributed by atoms with Gasteiger partial charge in [0.25, 0.3) is 0 Å². The fourth-order valence-electron chi connectivity index (χ4n) is 2.68. The van der Waals surface area contributed by atoms with E-state index in [1.54, 1.807) is 30.0 Å². The zero-order valence-corrected chi connectivity index (χ0v) is 12.8. The average molecular weight is 307 g/mol. The van der Waals surface area contributed by atoms with Gasteiger partial charge >= 0.3 is 0 Å². The Hall–Kier alpha value is -2.46. The van der Waals surface area contributed by atoms with Gasteiger partial charge < -0.3 is 9.32 Å². The summed E-state index contributed by atoms with van der Waals surface area (Å²) in [6, 6.07) is 15.9. The molecule has 1 aliphatic rings. The first-order chi connectivity index (χ1) is 10.7. The zero-order chi connectivity index (χ0) is 15.1. The molecule has 3 aromatic rings. The molecule has 4 rings (SSSR count). The lowest BCUT2D eigenvalue weighted by Gasteiger charge is -2.15. The first kappa shape index (κ1) is 13.2. The van der Waals surface area contributed by atoms with Gasteiger partial charge in [-0.25, -0.2) is 0 Å². The Morgan fingerprint density at radius 2 is 2.00 bits per heavy atom. The van der Waals surface area contributed by atoms with Crippen LogP contribution in [0.1, 0.15) is 10.6 Å². The third-order valence-corrected chi connectivity index (χ3v) is 4.91. The third-order valence-electron chi connectivity index (χ3n) is 3.76. The van der Waals surface area contributed by atoms with Crippen molar-refractivity contribution < 1.29 is 9.21 Å². The van der Waals surface area contributed by atoms with Crippen molar-refractivity contribution >= 4 is 34.0 Å². The minimum Gasteiger partial charge on any atom is -0.461 e. The molecular formula is C18H13NO2S. The number of rotatable bonds is 2. The van der Waals surface area contributed by atoms with E-state index >= 15 is 0 Å². The molecule has 2 heterocycles. The van der Waals surface area contributed by atoms with Crippen LogP contribution < -0.4 is 4.90 Å². The molecule has 0 bridgehead atoms. The van der Waals surface area contributed by atoms with E-state index in [1.165, 1.54) is 21.9 Å². The zero-order valence-electron chi connectivity index (χ0n) is 11.9. The van der Waals surface area contributed by atoms with E-state index in [9.17, 15) is 4.79 Å². The molecule has 0 atom stereocenters. The summed E-state index contributed by atoms with van der Waals surface area (Å²) in [4.78, 5) is 15.5. The van der Waals surface area contributed by atoms with Crippen LogP contribution in [0.25, 0.3) is 10.8 Å². The maximum Gasteiger partial charge on any atom is 0.223 e. The van der Waals surface area contributed by atoms with Gasteiger partial charge in [0.15, 0.2) is 5.76 Å². The number of ketones is 1. The molecule has 0 spiro atoms. The normalized spacial score (nSPS) is 15.5. The first-order valence-electron chi connectivity index (χ1n) is 6.97. The van der Waals surface area contributed by atoms with Gasteiger partial charge in [-0.15, -0.1) is 0 Å². The molecule has 2 aromatic carbocycles. The number of carbonyl (C=O) groups excluding carboxylic acids is 1. The van der Waals surface area contributed by atoms with Gasteiger partial charge in [0.05, 0.1) is 17.0 Å². The number of carbonyl (C=O) groups is 1. The summed E-state index contributed by atoms with van der Waals surface area (Å²) in [5.74, 6) is 0.249. The highest BCUT2D eigenvalue weighted by molar-refractivity contribution is 8.03. The van der Waals surface area contributed by atoms with E-state index in [1.807, 2.05) is 19.2 Å². The van der Waals surface area contributed by atoms with Crippen LogP contribution in [0.3, 0.4) is 0 Å². The highest BCUT2D eigenvalue weighted by Gasteiger charge is 2.25. The Kier molecular flexibility index (Phi) is 3.05. The molecule has 108 valence electrons. The highest BCUT2D eigenvalue weighted by atomic mass is 32.2. The molecule has 0 saturated heterocycles. The number of fused-ring (bicyclic) bond motifs is 3. The SMILES string of the molecule is CN1/C(=C/C(=O)c2ccco2)Sc2ccc3ccccc3c21. The van der Waals surface area contributed by atoms with E-state index in [0.717, 1.165) is 10.7 Å². The van der Waals surface area contributed by atoms with Crippen molar-refractivity contribution in [3.63, 3.8) is 0 Å². The van der Waals surface area contributed by atoms with Crippen LogP contribution in [-0.2, 0) is 0 Å². The van der Waals surface area contributed by atoms with Gasteiger partial charge in [0.1, 0.15) is 0 Å². The standard InChI is InChI=1S/C18H13NO2S/c1-19-17(11-14(20)15-7-4-10-21-15)22-16-9-8-12-5-2-3-6-13(12)18(16)19/h2-11H,1H3/b17-11-. The fourth-order valence-corrected chi connectivity index (χ4v) is 3.78. The average Bonchev–Trinajstić information content (AvgIpc) is 3.17. The van der Waals surface area contributed by atoms with E-state index in [-0.39, 0.29) is 5.78 Å². The molecule has 0 fully saturated rings. The molecule has 0 N–H and O–H groups in total. The largest absolute Gasteiger partial charge is 0.461 e. The van der Waals surface area contributed by atoms with Crippen LogP contribution in [0.4, 0.5) is 5.69 Å². The highest BCUT2D eigenvalue weighted by Crippen LogP contribution is 2.48. The molecule has 1 aliphatic heterocycles. The number of allylic oxidation sites excluding steroid dienone is 1. The summed E-state index contributed by atoms with van der Waals surface area (Å²) in [6.07, 6.45) is 3.15. The minimum absolute atomic E-state index is 0.114. The van der Waals surface area contributed by atoms with Crippen LogP contribution in [0.5, 0.6) is 0 Å². The Morgan fingerprint density at radius 1 is 1.14 bits per heavy atom. The Morgan fingerprint density at radius 3 is 2.82 bits per heavy atom. The van der Waals surface area contributed by atoms with E-state index in [2.05, 4.69) is 29.2 Å². The number of furan rings is 1. The lowest BCUT2D eigenvalue weighted by molar-refractivity contribution is 0.102. The summed E-state index contributed by atoms with van der Waals surface area (Å²) in [6.45, 7) is 0. The lowest BCUT2D eigenvalue weighted by Crippen LogP contribution is -2.11. The molecule has 0 aliphatic carbocycles. The summed E-state index contributed by atoms with van der Waals surface area (Å²) in [7, 11) is 1.99.